The van der Waals surface area contributed by atoms with Gasteiger partial charge in [0.25, 0.3) is 5.69 Å². The van der Waals surface area contributed by atoms with Crippen LogP contribution in [-0.2, 0) is 0 Å². The third kappa shape index (κ3) is 5.98. The van der Waals surface area contributed by atoms with Gasteiger partial charge in [0.1, 0.15) is 5.75 Å². The number of non-ortho nitro benzene ring substituents is 1. The van der Waals surface area contributed by atoms with Crippen molar-refractivity contribution in [3.8, 4) is 34.1 Å². The maximum absolute atomic E-state index is 14.4. The smallest absolute Gasteiger partial charge is 0.272 e. The molecule has 36 heavy (non-hydrogen) atoms. The number of aromatic nitrogens is 1. The van der Waals surface area contributed by atoms with Crippen LogP contribution in [0.1, 0.15) is 12.8 Å². The van der Waals surface area contributed by atoms with Crippen molar-refractivity contribution in [1.82, 2.24) is 4.98 Å². The minimum atomic E-state index is -0.825. The van der Waals surface area contributed by atoms with Gasteiger partial charge in [-0.25, -0.2) is 4.39 Å². The molecule has 0 bridgehead atoms. The molecule has 0 atom stereocenters. The van der Waals surface area contributed by atoms with Crippen molar-refractivity contribution < 1.29 is 23.5 Å². The highest BCUT2D eigenvalue weighted by Crippen LogP contribution is 2.42. The molecule has 0 unspecified atom stereocenters. The third-order valence-electron chi connectivity index (χ3n) is 5.09. The fraction of sp³-hybridized carbons (Fsp3) is 0.240. The topological polar surface area (TPSA) is 83.7 Å². The molecule has 4 aromatic rings. The molecule has 7 nitrogen and oxygen atoms in total. The van der Waals surface area contributed by atoms with Crippen LogP contribution in [0.2, 0.25) is 0 Å². The Bertz CT molecular complexity index is 1370. The lowest BCUT2D eigenvalue weighted by Crippen LogP contribution is -2.03. The Hall–Kier alpha value is -3.14. The number of halogens is 3. The van der Waals surface area contributed by atoms with Gasteiger partial charge in [0.2, 0.25) is 0 Å². The number of fused-ring (bicyclic) bond motifs is 1. The minimum Gasteiger partial charge on any atom is -0.490 e. The lowest BCUT2D eigenvalue weighted by atomic mass is 10.1. The van der Waals surface area contributed by atoms with Crippen molar-refractivity contribution >= 4 is 50.4 Å². The highest BCUT2D eigenvalue weighted by Gasteiger charge is 2.17. The van der Waals surface area contributed by atoms with Crippen LogP contribution in [0.25, 0.3) is 21.3 Å². The zero-order chi connectivity index (χ0) is 25.5. The van der Waals surface area contributed by atoms with Crippen LogP contribution in [0.3, 0.4) is 0 Å². The summed E-state index contributed by atoms with van der Waals surface area (Å²) in [4.78, 5) is 14.7. The van der Waals surface area contributed by atoms with E-state index in [9.17, 15) is 14.5 Å². The van der Waals surface area contributed by atoms with Crippen LogP contribution in [0, 0.1) is 15.9 Å². The normalized spacial score (nSPS) is 11.0. The Labute approximate surface area is 220 Å². The van der Waals surface area contributed by atoms with Crippen molar-refractivity contribution in [2.75, 3.05) is 25.0 Å². The van der Waals surface area contributed by atoms with Gasteiger partial charge in [0.15, 0.2) is 23.1 Å². The van der Waals surface area contributed by atoms with Crippen molar-refractivity contribution in [3.05, 3.63) is 70.0 Å². The zero-order valence-electron chi connectivity index (χ0n) is 18.9. The van der Waals surface area contributed by atoms with Gasteiger partial charge in [-0.3, -0.25) is 15.1 Å². The monoisotopic (exact) mass is 550 g/mol. The van der Waals surface area contributed by atoms with Gasteiger partial charge in [-0.15, -0.1) is 34.5 Å². The summed E-state index contributed by atoms with van der Waals surface area (Å²) in [5.74, 6) is 1.64. The molecule has 0 saturated carbocycles. The van der Waals surface area contributed by atoms with E-state index >= 15 is 0 Å². The molecular formula is C25H21Cl2FN2O5S. The summed E-state index contributed by atoms with van der Waals surface area (Å²) in [6.07, 6.45) is 2.97. The molecule has 0 aliphatic carbocycles. The summed E-state index contributed by atoms with van der Waals surface area (Å²) in [5, 5.41) is 12.8. The lowest BCUT2D eigenvalue weighted by molar-refractivity contribution is -0.385. The third-order valence-corrected chi connectivity index (χ3v) is 6.61. The summed E-state index contributed by atoms with van der Waals surface area (Å²) in [5.41, 5.74) is 2.02. The molecule has 0 spiro atoms. The van der Waals surface area contributed by atoms with Crippen LogP contribution >= 0.6 is 34.5 Å². The van der Waals surface area contributed by atoms with Gasteiger partial charge < -0.3 is 14.2 Å². The molecule has 0 aliphatic heterocycles. The van der Waals surface area contributed by atoms with E-state index in [4.69, 9.17) is 37.4 Å². The number of nitrogens with zero attached hydrogens (tertiary/aromatic N) is 2. The second kappa shape index (κ2) is 12.2. The zero-order valence-corrected chi connectivity index (χ0v) is 21.2. The van der Waals surface area contributed by atoms with Gasteiger partial charge in [-0.05, 0) is 36.6 Å². The maximum atomic E-state index is 14.4. The number of pyridine rings is 1. The second-order valence-electron chi connectivity index (χ2n) is 7.55. The first kappa shape index (κ1) is 25.9. The number of alkyl halides is 2. The Morgan fingerprint density at radius 1 is 0.944 bits per heavy atom. The van der Waals surface area contributed by atoms with E-state index in [1.165, 1.54) is 23.5 Å². The Morgan fingerprint density at radius 2 is 1.67 bits per heavy atom. The predicted octanol–water partition coefficient (Wildman–Crippen LogP) is 7.82. The second-order valence-corrected chi connectivity index (χ2v) is 9.19. The van der Waals surface area contributed by atoms with Gasteiger partial charge in [0.05, 0.1) is 34.4 Å². The number of hydrogen-bond donors (Lipinski definition) is 0. The predicted molar refractivity (Wildman–Crippen MR) is 140 cm³/mol. The Balaban J connectivity index is 1.65. The number of nitro benzene ring substituents is 1. The molecular weight excluding hydrogens is 530 g/mol. The van der Waals surface area contributed by atoms with Gasteiger partial charge in [0, 0.05) is 41.0 Å². The largest absolute Gasteiger partial charge is 0.490 e. The molecule has 0 N–H and O–H groups in total. The minimum absolute atomic E-state index is 0.114. The van der Waals surface area contributed by atoms with Crippen LogP contribution in [0.4, 0.5) is 10.1 Å². The SMILES string of the molecule is O=[N+]([O-])c1ccc(Oc2ccnc3c(-c4ccc(OCCCCl)c(OCCCCl)c4)csc23)c(F)c1. The van der Waals surface area contributed by atoms with Gasteiger partial charge >= 0.3 is 0 Å². The van der Waals surface area contributed by atoms with Crippen molar-refractivity contribution in [2.45, 2.75) is 12.8 Å². The molecule has 0 saturated heterocycles. The van der Waals surface area contributed by atoms with E-state index in [0.29, 0.717) is 65.3 Å². The van der Waals surface area contributed by atoms with Gasteiger partial charge in [-0.1, -0.05) is 6.07 Å². The van der Waals surface area contributed by atoms with Crippen molar-refractivity contribution in [1.29, 1.82) is 0 Å². The number of thiophene rings is 1. The summed E-state index contributed by atoms with van der Waals surface area (Å²) in [7, 11) is 0. The average Bonchev–Trinajstić information content (AvgIpc) is 3.31. The van der Waals surface area contributed by atoms with Crippen LogP contribution < -0.4 is 14.2 Å². The molecule has 11 heteroatoms. The van der Waals surface area contributed by atoms with E-state index in [1.807, 2.05) is 23.6 Å². The lowest BCUT2D eigenvalue weighted by Gasteiger charge is -2.14. The molecule has 0 aliphatic rings. The van der Waals surface area contributed by atoms with Crippen LogP contribution in [0.5, 0.6) is 23.0 Å². The van der Waals surface area contributed by atoms with Crippen LogP contribution in [0.15, 0.2) is 54.0 Å². The Morgan fingerprint density at radius 3 is 2.36 bits per heavy atom. The summed E-state index contributed by atoms with van der Waals surface area (Å²) >= 11 is 12.9. The molecule has 4 rings (SSSR count). The molecule has 2 heterocycles. The molecule has 2 aromatic carbocycles. The summed E-state index contributed by atoms with van der Waals surface area (Å²) < 4.78 is 32.6. The number of hydrogen-bond acceptors (Lipinski definition) is 7. The van der Waals surface area contributed by atoms with Crippen molar-refractivity contribution in [3.63, 3.8) is 0 Å². The first-order valence-corrected chi connectivity index (χ1v) is 13.0. The number of ether oxygens (including phenoxy) is 3. The first-order valence-electron chi connectivity index (χ1n) is 11.0. The average molecular weight is 551 g/mol. The number of benzene rings is 2. The number of nitro groups is 1. The number of rotatable bonds is 12. The van der Waals surface area contributed by atoms with Crippen LogP contribution in [-0.4, -0.2) is 34.9 Å². The first-order chi connectivity index (χ1) is 17.5. The van der Waals surface area contributed by atoms with Crippen molar-refractivity contribution in [2.24, 2.45) is 0 Å². The highest BCUT2D eigenvalue weighted by molar-refractivity contribution is 7.18. The molecule has 0 fully saturated rings. The van der Waals surface area contributed by atoms with E-state index < -0.39 is 10.7 Å². The van der Waals surface area contributed by atoms with E-state index in [0.717, 1.165) is 17.2 Å². The molecule has 188 valence electrons. The van der Waals surface area contributed by atoms with E-state index in [1.54, 1.807) is 12.3 Å². The van der Waals surface area contributed by atoms with E-state index in [-0.39, 0.29) is 11.4 Å². The maximum Gasteiger partial charge on any atom is 0.272 e. The fourth-order valence-corrected chi connectivity index (χ4v) is 4.58. The summed E-state index contributed by atoms with van der Waals surface area (Å²) in [6, 6.07) is 10.5. The van der Waals surface area contributed by atoms with E-state index in [2.05, 4.69) is 4.98 Å². The fourth-order valence-electron chi connectivity index (χ4n) is 3.38. The van der Waals surface area contributed by atoms with Gasteiger partial charge in [-0.2, -0.15) is 0 Å². The molecule has 0 amide bonds. The standard InChI is InChI=1S/C25H21Cl2FN2O5S/c26-8-1-11-33-21-5-3-16(13-23(21)34-12-2-9-27)18-15-36-25-22(7-10-29-24(18)25)35-20-6-4-17(30(31)32)14-19(20)28/h3-7,10,13-15H,1-2,8-9,11-12H2. The summed E-state index contributed by atoms with van der Waals surface area (Å²) in [6.45, 7) is 0.914. The quantitative estimate of drug-likeness (QED) is 0.0773. The molecule has 2 aromatic heterocycles. The Kier molecular flexibility index (Phi) is 8.79. The molecule has 0 radical (unpaired) electrons. The highest BCUT2D eigenvalue weighted by atomic mass is 35.5.